The molecule has 1 saturated heterocycles. The van der Waals surface area contributed by atoms with Crippen LogP contribution in [0.15, 0.2) is 53.3 Å². The number of Topliss-reactive ketones (excluding diaryl/α,β-unsaturated/α-hetero) is 1. The van der Waals surface area contributed by atoms with Gasteiger partial charge in [-0.2, -0.15) is 5.26 Å². The van der Waals surface area contributed by atoms with Crippen molar-refractivity contribution in [3.63, 3.8) is 0 Å². The second kappa shape index (κ2) is 11.5. The Balaban J connectivity index is 1.76. The minimum absolute atomic E-state index is 0.0266. The van der Waals surface area contributed by atoms with E-state index in [2.05, 4.69) is 11.4 Å². The van der Waals surface area contributed by atoms with Crippen LogP contribution in [0.1, 0.15) is 49.5 Å². The maximum Gasteiger partial charge on any atom is 0.269 e. The summed E-state index contributed by atoms with van der Waals surface area (Å²) in [4.78, 5) is 39.2. The number of hydrogen-bond acceptors (Lipinski definition) is 6. The number of anilines is 1. The Kier molecular flexibility index (Phi) is 8.32. The summed E-state index contributed by atoms with van der Waals surface area (Å²) >= 11 is 7.03. The molecule has 38 heavy (non-hydrogen) atoms. The number of nitrogens with one attached hydrogen (secondary N) is 1. The van der Waals surface area contributed by atoms with Gasteiger partial charge in [-0.15, -0.1) is 11.3 Å². The SMILES string of the molecule is CC(C)(C)C(=O)/C(C#N)=c1\s/c(=C\c2cccc(NC(=O)c3ccc(Cl)cc3)c2)c(=O)n1C[C@H]1CCCO1. The van der Waals surface area contributed by atoms with E-state index >= 15 is 0 Å². The molecule has 2 aromatic carbocycles. The number of nitriles is 1. The highest BCUT2D eigenvalue weighted by atomic mass is 35.5. The summed E-state index contributed by atoms with van der Waals surface area (Å²) in [5, 5.41) is 13.3. The summed E-state index contributed by atoms with van der Waals surface area (Å²) in [6, 6.07) is 15.7. The van der Waals surface area contributed by atoms with Gasteiger partial charge in [0.1, 0.15) is 16.3 Å². The van der Waals surface area contributed by atoms with Crippen molar-refractivity contribution >= 4 is 52.0 Å². The molecule has 1 aromatic heterocycles. The number of carbonyl (C=O) groups excluding carboxylic acids is 2. The number of amides is 1. The molecule has 4 rings (SSSR count). The monoisotopic (exact) mass is 549 g/mol. The lowest BCUT2D eigenvalue weighted by molar-refractivity contribution is -0.120. The van der Waals surface area contributed by atoms with Gasteiger partial charge in [-0.05, 0) is 60.9 Å². The summed E-state index contributed by atoms with van der Waals surface area (Å²) in [6.45, 7) is 6.15. The summed E-state index contributed by atoms with van der Waals surface area (Å²) in [5.74, 6) is -0.606. The number of ketones is 1. The largest absolute Gasteiger partial charge is 0.376 e. The molecule has 0 radical (unpaired) electrons. The van der Waals surface area contributed by atoms with Crippen LogP contribution in [0.2, 0.25) is 5.02 Å². The number of benzene rings is 2. The van der Waals surface area contributed by atoms with Gasteiger partial charge in [0.15, 0.2) is 5.78 Å². The van der Waals surface area contributed by atoms with Crippen LogP contribution in [0.25, 0.3) is 11.6 Å². The van der Waals surface area contributed by atoms with Gasteiger partial charge in [-0.1, -0.05) is 44.5 Å². The molecule has 0 saturated carbocycles. The Labute approximate surface area is 229 Å². The molecule has 1 aliphatic rings. The van der Waals surface area contributed by atoms with Crippen molar-refractivity contribution in [1.29, 1.82) is 5.26 Å². The van der Waals surface area contributed by atoms with E-state index < -0.39 is 5.41 Å². The van der Waals surface area contributed by atoms with Crippen LogP contribution in [-0.4, -0.2) is 29.0 Å². The molecule has 9 heteroatoms. The van der Waals surface area contributed by atoms with Crippen LogP contribution >= 0.6 is 22.9 Å². The molecule has 0 aliphatic carbocycles. The smallest absolute Gasteiger partial charge is 0.269 e. The lowest BCUT2D eigenvalue weighted by Crippen LogP contribution is -2.37. The van der Waals surface area contributed by atoms with Crippen molar-refractivity contribution in [2.75, 3.05) is 11.9 Å². The van der Waals surface area contributed by atoms with Gasteiger partial charge in [0.25, 0.3) is 11.5 Å². The average Bonchev–Trinajstić information content (AvgIpc) is 3.49. The maximum atomic E-state index is 13.5. The van der Waals surface area contributed by atoms with Crippen molar-refractivity contribution in [2.24, 2.45) is 5.41 Å². The summed E-state index contributed by atoms with van der Waals surface area (Å²) in [6.07, 6.45) is 3.27. The molecule has 0 unspecified atom stereocenters. The molecular formula is C29H28ClN3O4S. The van der Waals surface area contributed by atoms with Crippen molar-refractivity contribution in [1.82, 2.24) is 4.57 Å². The first kappa shape index (κ1) is 27.5. The second-order valence-corrected chi connectivity index (χ2v) is 11.6. The standard InChI is InChI=1S/C29H28ClN3O4S/c1-29(2,3)25(34)23(16-31)28-33(17-22-8-5-13-37-22)27(36)24(38-28)15-18-6-4-7-21(14-18)32-26(35)19-9-11-20(30)12-10-19/h4,6-7,9-12,14-15,22H,5,8,13,17H2,1-3H3,(H,32,35)/b24-15-,28-23-/t22-/m1/s1. The van der Waals surface area contributed by atoms with Crippen LogP contribution in [0, 0.1) is 16.7 Å². The molecule has 0 spiro atoms. The van der Waals surface area contributed by atoms with Crippen LogP contribution in [0.5, 0.6) is 0 Å². The molecule has 2 heterocycles. The molecule has 196 valence electrons. The Morgan fingerprint density at radius 1 is 1.24 bits per heavy atom. The van der Waals surface area contributed by atoms with Gasteiger partial charge in [0.05, 0.1) is 17.2 Å². The number of nitrogens with zero attached hydrogens (tertiary/aromatic N) is 2. The zero-order valence-electron chi connectivity index (χ0n) is 21.4. The van der Waals surface area contributed by atoms with E-state index in [0.29, 0.717) is 37.6 Å². The van der Waals surface area contributed by atoms with Gasteiger partial charge < -0.3 is 10.1 Å². The highest BCUT2D eigenvalue weighted by Gasteiger charge is 2.28. The van der Waals surface area contributed by atoms with Gasteiger partial charge in [0.2, 0.25) is 0 Å². The van der Waals surface area contributed by atoms with Gasteiger partial charge in [-0.25, -0.2) is 0 Å². The molecular weight excluding hydrogens is 522 g/mol. The number of aromatic nitrogens is 1. The number of thiazole rings is 1. The first-order valence-electron chi connectivity index (χ1n) is 12.3. The van der Waals surface area contributed by atoms with E-state index in [0.717, 1.165) is 24.2 Å². The van der Waals surface area contributed by atoms with E-state index in [4.69, 9.17) is 16.3 Å². The van der Waals surface area contributed by atoms with Gasteiger partial charge in [0, 0.05) is 28.3 Å². The number of halogens is 1. The van der Waals surface area contributed by atoms with E-state index in [1.165, 1.54) is 4.57 Å². The summed E-state index contributed by atoms with van der Waals surface area (Å²) in [5.41, 5.74) is 0.620. The third-order valence-electron chi connectivity index (χ3n) is 6.10. The molecule has 1 aliphatic heterocycles. The quantitative estimate of drug-likeness (QED) is 0.498. The maximum absolute atomic E-state index is 13.5. The van der Waals surface area contributed by atoms with Crippen molar-refractivity contribution in [3.8, 4) is 6.07 Å². The minimum Gasteiger partial charge on any atom is -0.376 e. The van der Waals surface area contributed by atoms with Crippen molar-refractivity contribution in [2.45, 2.75) is 46.3 Å². The Bertz CT molecular complexity index is 1580. The van der Waals surface area contributed by atoms with Crippen LogP contribution in [-0.2, 0) is 16.1 Å². The number of hydrogen-bond donors (Lipinski definition) is 1. The molecule has 1 N–H and O–H groups in total. The van der Waals surface area contributed by atoms with Gasteiger partial charge in [-0.3, -0.25) is 19.0 Å². The zero-order valence-corrected chi connectivity index (χ0v) is 23.0. The molecule has 7 nitrogen and oxygen atoms in total. The molecule has 1 fully saturated rings. The number of ether oxygens (including phenoxy) is 1. The van der Waals surface area contributed by atoms with Crippen molar-refractivity contribution in [3.05, 3.63) is 84.2 Å². The normalized spacial score (nSPS) is 16.7. The lowest BCUT2D eigenvalue weighted by Gasteiger charge is -2.16. The Hall–Kier alpha value is -3.51. The predicted molar refractivity (Wildman–Crippen MR) is 150 cm³/mol. The van der Waals surface area contributed by atoms with Gasteiger partial charge >= 0.3 is 0 Å². The summed E-state index contributed by atoms with van der Waals surface area (Å²) in [7, 11) is 0. The Morgan fingerprint density at radius 2 is 1.97 bits per heavy atom. The lowest BCUT2D eigenvalue weighted by atomic mass is 9.87. The molecule has 1 amide bonds. The highest BCUT2D eigenvalue weighted by molar-refractivity contribution is 7.07. The number of rotatable bonds is 6. The fourth-order valence-corrected chi connectivity index (χ4v) is 5.33. The second-order valence-electron chi connectivity index (χ2n) is 10.1. The van der Waals surface area contributed by atoms with E-state index in [-0.39, 0.29) is 35.5 Å². The van der Waals surface area contributed by atoms with Crippen LogP contribution in [0.3, 0.4) is 0 Å². The average molecular weight is 550 g/mol. The highest BCUT2D eigenvalue weighted by Crippen LogP contribution is 2.20. The fourth-order valence-electron chi connectivity index (χ4n) is 4.10. The minimum atomic E-state index is -0.777. The first-order valence-corrected chi connectivity index (χ1v) is 13.5. The number of carbonyl (C=O) groups is 2. The van der Waals surface area contributed by atoms with Crippen molar-refractivity contribution < 1.29 is 14.3 Å². The van der Waals surface area contributed by atoms with E-state index in [1.54, 1.807) is 69.3 Å². The van der Waals surface area contributed by atoms with E-state index in [1.807, 2.05) is 6.07 Å². The van der Waals surface area contributed by atoms with Crippen LogP contribution in [0.4, 0.5) is 5.69 Å². The topological polar surface area (TPSA) is 101 Å². The first-order chi connectivity index (χ1) is 18.1. The molecule has 3 aromatic rings. The molecule has 1 atom stereocenters. The third-order valence-corrected chi connectivity index (χ3v) is 7.48. The zero-order chi connectivity index (χ0) is 27.4. The predicted octanol–water partition coefficient (Wildman–Crippen LogP) is 4.11. The molecule has 0 bridgehead atoms. The Morgan fingerprint density at radius 3 is 2.61 bits per heavy atom. The fraction of sp³-hybridized carbons (Fsp3) is 0.310. The van der Waals surface area contributed by atoms with Crippen LogP contribution < -0.4 is 20.1 Å². The third kappa shape index (κ3) is 6.30. The summed E-state index contributed by atoms with van der Waals surface area (Å²) < 4.78 is 7.96. The van der Waals surface area contributed by atoms with E-state index in [9.17, 15) is 19.6 Å².